The number of nitrogens with zero attached hydrogens (tertiary/aromatic N) is 2. The second-order valence-corrected chi connectivity index (χ2v) is 19.5. The van der Waals surface area contributed by atoms with Crippen molar-refractivity contribution in [2.24, 2.45) is 41.4 Å². The van der Waals surface area contributed by atoms with Crippen LogP contribution in [-0.2, 0) is 19.1 Å². The molecule has 326 valence electrons. The Bertz CT molecular complexity index is 841. The van der Waals surface area contributed by atoms with Crippen molar-refractivity contribution in [3.8, 4) is 0 Å². The van der Waals surface area contributed by atoms with Gasteiger partial charge in [0.1, 0.15) is 0 Å². The van der Waals surface area contributed by atoms with Gasteiger partial charge < -0.3 is 19.3 Å². The Labute approximate surface area is 343 Å². The highest BCUT2D eigenvalue weighted by atomic mass is 16.5. The zero-order chi connectivity index (χ0) is 40.7. The molecule has 1 heterocycles. The molecule has 55 heavy (non-hydrogen) atoms. The number of unbranched alkanes of at least 4 members (excludes halogenated alkanes) is 12. The summed E-state index contributed by atoms with van der Waals surface area (Å²) in [5.74, 6) is 4.32. The van der Waals surface area contributed by atoms with E-state index in [0.717, 1.165) is 44.4 Å². The maximum atomic E-state index is 12.3. The van der Waals surface area contributed by atoms with Crippen LogP contribution in [0.15, 0.2) is 0 Å². The normalized spacial score (nSPS) is 15.5. The Kier molecular flexibility index (Phi) is 31.9. The van der Waals surface area contributed by atoms with Crippen LogP contribution in [0.5, 0.6) is 0 Å². The summed E-state index contributed by atoms with van der Waals surface area (Å²) in [5, 5.41) is 0. The van der Waals surface area contributed by atoms with Crippen LogP contribution >= 0.6 is 0 Å². The van der Waals surface area contributed by atoms with Gasteiger partial charge in [-0.3, -0.25) is 9.59 Å². The fraction of sp³-hybridized carbons (Fsp3) is 0.959. The van der Waals surface area contributed by atoms with Gasteiger partial charge in [0.25, 0.3) is 0 Å². The van der Waals surface area contributed by atoms with Crippen LogP contribution in [-0.4, -0.2) is 74.7 Å². The summed E-state index contributed by atoms with van der Waals surface area (Å²) in [7, 11) is 2.35. The highest BCUT2D eigenvalue weighted by Crippen LogP contribution is 2.24. The molecule has 1 saturated heterocycles. The molecule has 0 N–H and O–H groups in total. The van der Waals surface area contributed by atoms with Crippen LogP contribution in [0, 0.1) is 41.4 Å². The second-order valence-electron chi connectivity index (χ2n) is 19.5. The number of likely N-dealkylation sites (tertiary alicyclic amines) is 1. The molecule has 0 aliphatic carbocycles. The molecule has 1 aliphatic rings. The van der Waals surface area contributed by atoms with E-state index >= 15 is 0 Å². The molecule has 0 spiro atoms. The molecule has 1 aliphatic heterocycles. The van der Waals surface area contributed by atoms with Gasteiger partial charge >= 0.3 is 11.9 Å². The van der Waals surface area contributed by atoms with E-state index in [1.807, 2.05) is 0 Å². The molecule has 0 bridgehead atoms. The smallest absolute Gasteiger partial charge is 0.305 e. The lowest BCUT2D eigenvalue weighted by Crippen LogP contribution is -2.34. The van der Waals surface area contributed by atoms with E-state index < -0.39 is 0 Å². The summed E-state index contributed by atoms with van der Waals surface area (Å²) >= 11 is 0. The number of carbonyl (C=O) groups is 2. The minimum absolute atomic E-state index is 0.00330. The molecule has 2 atom stereocenters. The standard InChI is InChI=1S/C49H96N2O4/c1-41(2)30-32-46(43(5)6)39-54-48(52)28-22-18-14-10-12-16-20-26-45(38-50(9)36-37-51-34-24-25-35-51)27-21-17-13-11-15-19-23-29-49(53)55-40-47(44(7)8)33-31-42(3)4/h41-47H,10-40H2,1-9H3. The Balaban J connectivity index is 2.23. The number of hydrogen-bond donors (Lipinski definition) is 0. The lowest BCUT2D eigenvalue weighted by molar-refractivity contribution is -0.146. The predicted octanol–water partition coefficient (Wildman–Crippen LogP) is 13.2. The largest absolute Gasteiger partial charge is 0.465 e. The van der Waals surface area contributed by atoms with E-state index in [-0.39, 0.29) is 11.9 Å². The van der Waals surface area contributed by atoms with E-state index in [1.165, 1.54) is 135 Å². The first kappa shape index (κ1) is 51.9. The first-order valence-electron chi connectivity index (χ1n) is 24.1. The van der Waals surface area contributed by atoms with Crippen molar-refractivity contribution < 1.29 is 19.1 Å². The topological polar surface area (TPSA) is 59.1 Å². The number of carbonyl (C=O) groups excluding carboxylic acids is 2. The summed E-state index contributed by atoms with van der Waals surface area (Å²) in [4.78, 5) is 30.0. The average molecular weight is 777 g/mol. The van der Waals surface area contributed by atoms with Crippen molar-refractivity contribution in [3.63, 3.8) is 0 Å². The Morgan fingerprint density at radius 3 is 1.29 bits per heavy atom. The van der Waals surface area contributed by atoms with Crippen LogP contribution in [0.2, 0.25) is 0 Å². The molecule has 0 aromatic heterocycles. The summed E-state index contributed by atoms with van der Waals surface area (Å²) in [6.07, 6.45) is 28.7. The molecule has 6 heteroatoms. The van der Waals surface area contributed by atoms with E-state index in [2.05, 4.69) is 72.2 Å². The average Bonchev–Trinajstić information content (AvgIpc) is 3.65. The van der Waals surface area contributed by atoms with Crippen LogP contribution < -0.4 is 0 Å². The van der Waals surface area contributed by atoms with Crippen LogP contribution in [0.3, 0.4) is 0 Å². The molecule has 0 aromatic carbocycles. The lowest BCUT2D eigenvalue weighted by atomic mass is 9.89. The van der Waals surface area contributed by atoms with E-state index in [9.17, 15) is 9.59 Å². The maximum absolute atomic E-state index is 12.3. The van der Waals surface area contributed by atoms with Gasteiger partial charge in [-0.1, -0.05) is 145 Å². The predicted molar refractivity (Wildman–Crippen MR) is 236 cm³/mol. The monoisotopic (exact) mass is 777 g/mol. The molecular formula is C49H96N2O4. The van der Waals surface area contributed by atoms with Crippen LogP contribution in [0.1, 0.15) is 209 Å². The number of likely N-dealkylation sites (N-methyl/N-ethyl adjacent to an activating group) is 1. The summed E-state index contributed by atoms with van der Waals surface area (Å²) in [6, 6.07) is 0. The molecular weight excluding hydrogens is 681 g/mol. The first-order valence-corrected chi connectivity index (χ1v) is 24.1. The number of esters is 2. The van der Waals surface area contributed by atoms with E-state index in [1.54, 1.807) is 0 Å². The highest BCUT2D eigenvalue weighted by molar-refractivity contribution is 5.69. The van der Waals surface area contributed by atoms with Crippen molar-refractivity contribution >= 4 is 11.9 Å². The first-order chi connectivity index (χ1) is 26.4. The van der Waals surface area contributed by atoms with Gasteiger partial charge in [0.15, 0.2) is 0 Å². The van der Waals surface area contributed by atoms with Crippen molar-refractivity contribution in [2.45, 2.75) is 209 Å². The fourth-order valence-corrected chi connectivity index (χ4v) is 8.21. The molecule has 0 aromatic rings. The number of ether oxygens (including phenoxy) is 2. The molecule has 2 unspecified atom stereocenters. The highest BCUT2D eigenvalue weighted by Gasteiger charge is 2.19. The van der Waals surface area contributed by atoms with Crippen molar-refractivity contribution in [1.29, 1.82) is 0 Å². The van der Waals surface area contributed by atoms with Crippen molar-refractivity contribution in [2.75, 3.05) is 53.0 Å². The van der Waals surface area contributed by atoms with Gasteiger partial charge in [0.05, 0.1) is 13.2 Å². The summed E-state index contributed by atoms with van der Waals surface area (Å²) in [6.45, 7) is 25.5. The van der Waals surface area contributed by atoms with Crippen LogP contribution in [0.4, 0.5) is 0 Å². The Morgan fingerprint density at radius 2 is 0.909 bits per heavy atom. The van der Waals surface area contributed by atoms with Gasteiger partial charge in [-0.25, -0.2) is 0 Å². The Morgan fingerprint density at radius 1 is 0.527 bits per heavy atom. The third-order valence-corrected chi connectivity index (χ3v) is 12.6. The Hall–Kier alpha value is -1.14. The number of hydrogen-bond acceptors (Lipinski definition) is 6. The minimum Gasteiger partial charge on any atom is -0.465 e. The molecule has 1 rings (SSSR count). The summed E-state index contributed by atoms with van der Waals surface area (Å²) < 4.78 is 11.4. The molecule has 0 saturated carbocycles. The third-order valence-electron chi connectivity index (χ3n) is 12.6. The third kappa shape index (κ3) is 30.6. The molecule has 0 amide bonds. The van der Waals surface area contributed by atoms with E-state index in [4.69, 9.17) is 9.47 Å². The van der Waals surface area contributed by atoms with Gasteiger partial charge in [-0.15, -0.1) is 0 Å². The zero-order valence-electron chi connectivity index (χ0n) is 38.5. The molecule has 1 fully saturated rings. The van der Waals surface area contributed by atoms with Crippen molar-refractivity contribution in [3.05, 3.63) is 0 Å². The number of rotatable bonds is 37. The van der Waals surface area contributed by atoms with E-state index in [0.29, 0.717) is 61.6 Å². The van der Waals surface area contributed by atoms with Crippen molar-refractivity contribution in [1.82, 2.24) is 9.80 Å². The fourth-order valence-electron chi connectivity index (χ4n) is 8.21. The molecule has 0 radical (unpaired) electrons. The lowest BCUT2D eigenvalue weighted by Gasteiger charge is -2.26. The van der Waals surface area contributed by atoms with Crippen LogP contribution in [0.25, 0.3) is 0 Å². The quantitative estimate of drug-likeness (QED) is 0.0463. The second kappa shape index (κ2) is 33.8. The molecule has 6 nitrogen and oxygen atoms in total. The SMILES string of the molecule is CC(C)CCC(COC(=O)CCCCCCCCCC(CCCCCCCCCC(=O)OCC(CCC(C)C)C(C)C)CN(C)CCN1CCCC1)C(C)C. The maximum Gasteiger partial charge on any atom is 0.305 e. The summed E-state index contributed by atoms with van der Waals surface area (Å²) in [5.41, 5.74) is 0. The van der Waals surface area contributed by atoms with Gasteiger partial charge in [0.2, 0.25) is 0 Å². The minimum atomic E-state index is 0.00330. The zero-order valence-corrected chi connectivity index (χ0v) is 38.5. The van der Waals surface area contributed by atoms with Gasteiger partial charge in [-0.2, -0.15) is 0 Å². The van der Waals surface area contributed by atoms with Gasteiger partial charge in [-0.05, 0) is 113 Å². The van der Waals surface area contributed by atoms with Gasteiger partial charge in [0, 0.05) is 32.5 Å².